The second-order valence-electron chi connectivity index (χ2n) is 8.04. The van der Waals surface area contributed by atoms with Crippen LogP contribution in [0.5, 0.6) is 0 Å². The smallest absolute Gasteiger partial charge is 0.251 e. The molecule has 0 saturated carbocycles. The summed E-state index contributed by atoms with van der Waals surface area (Å²) in [6, 6.07) is 4.95. The van der Waals surface area contributed by atoms with Gasteiger partial charge in [0.25, 0.3) is 5.92 Å². The average Bonchev–Trinajstić information content (AvgIpc) is 3.42. The van der Waals surface area contributed by atoms with Crippen LogP contribution in [0.1, 0.15) is 12.8 Å². The van der Waals surface area contributed by atoms with E-state index in [0.717, 1.165) is 17.3 Å². The molecule has 0 radical (unpaired) electrons. The molecule has 1 fully saturated rings. The Morgan fingerprint density at radius 1 is 1.03 bits per heavy atom. The third-order valence-electron chi connectivity index (χ3n) is 5.88. The van der Waals surface area contributed by atoms with E-state index in [0.29, 0.717) is 39.5 Å². The van der Waals surface area contributed by atoms with Crippen LogP contribution in [0.2, 0.25) is 0 Å². The summed E-state index contributed by atoms with van der Waals surface area (Å²) in [6.45, 7) is 0.505. The van der Waals surface area contributed by atoms with E-state index in [1.54, 1.807) is 24.5 Å². The minimum absolute atomic E-state index is 0.188. The van der Waals surface area contributed by atoms with Crippen molar-refractivity contribution in [1.29, 1.82) is 0 Å². The van der Waals surface area contributed by atoms with Crippen molar-refractivity contribution in [2.75, 3.05) is 18.0 Å². The van der Waals surface area contributed by atoms with Gasteiger partial charge < -0.3 is 9.88 Å². The lowest BCUT2D eigenvalue weighted by Gasteiger charge is -2.33. The predicted octanol–water partition coefficient (Wildman–Crippen LogP) is 4.33. The maximum atomic E-state index is 13.6. The lowest BCUT2D eigenvalue weighted by molar-refractivity contribution is -0.0220. The van der Waals surface area contributed by atoms with Crippen LogP contribution in [0, 0.1) is 5.82 Å². The Hall–Kier alpha value is -4.02. The van der Waals surface area contributed by atoms with Crippen molar-refractivity contribution in [2.45, 2.75) is 18.8 Å². The topological polar surface area (TPSA) is 99.3 Å². The van der Waals surface area contributed by atoms with Gasteiger partial charge in [-0.25, -0.2) is 23.1 Å². The molecular weight excluding hydrogens is 433 g/mol. The highest BCUT2D eigenvalue weighted by Gasteiger charge is 2.34. The van der Waals surface area contributed by atoms with Gasteiger partial charge in [-0.3, -0.25) is 15.1 Å². The highest BCUT2D eigenvalue weighted by molar-refractivity contribution is 5.95. The monoisotopic (exact) mass is 450 g/mol. The van der Waals surface area contributed by atoms with E-state index >= 15 is 0 Å². The van der Waals surface area contributed by atoms with Crippen molar-refractivity contribution in [3.63, 3.8) is 0 Å². The highest BCUT2D eigenvalue weighted by Crippen LogP contribution is 2.34. The number of imidazole rings is 1. The summed E-state index contributed by atoms with van der Waals surface area (Å²) in [5.41, 5.74) is 4.23. The van der Waals surface area contributed by atoms with E-state index in [4.69, 9.17) is 0 Å². The summed E-state index contributed by atoms with van der Waals surface area (Å²) in [4.78, 5) is 22.4. The minimum atomic E-state index is -2.63. The first-order chi connectivity index (χ1) is 16.0. The summed E-state index contributed by atoms with van der Waals surface area (Å²) >= 11 is 0. The number of aromatic nitrogens is 7. The molecule has 2 N–H and O–H groups in total. The van der Waals surface area contributed by atoms with Crippen molar-refractivity contribution >= 4 is 27.8 Å². The second kappa shape index (κ2) is 7.26. The molecule has 1 aliphatic heterocycles. The SMILES string of the molecule is Fc1cncc(-c2cc3c(-c4nc5nccc(N6CCC(F)(F)CC6)c5[nH]4)n[nH]c3cn2)c1. The zero-order valence-electron chi connectivity index (χ0n) is 17.2. The Labute approximate surface area is 184 Å². The molecule has 0 unspecified atom stereocenters. The zero-order valence-corrected chi connectivity index (χ0v) is 17.2. The van der Waals surface area contributed by atoms with Gasteiger partial charge in [-0.15, -0.1) is 0 Å². The van der Waals surface area contributed by atoms with Gasteiger partial charge in [-0.2, -0.15) is 5.10 Å². The summed E-state index contributed by atoms with van der Waals surface area (Å²) in [7, 11) is 0. The first-order valence-electron chi connectivity index (χ1n) is 10.4. The number of piperidine rings is 1. The van der Waals surface area contributed by atoms with Gasteiger partial charge in [-0.1, -0.05) is 0 Å². The molecule has 0 atom stereocenters. The Morgan fingerprint density at radius 3 is 2.70 bits per heavy atom. The quantitative estimate of drug-likeness (QED) is 0.424. The van der Waals surface area contributed by atoms with Crippen LogP contribution in [-0.4, -0.2) is 54.1 Å². The number of nitrogens with zero attached hydrogens (tertiary/aromatic N) is 6. The van der Waals surface area contributed by atoms with Gasteiger partial charge in [0, 0.05) is 49.3 Å². The molecule has 8 nitrogen and oxygen atoms in total. The summed E-state index contributed by atoms with van der Waals surface area (Å²) in [5, 5.41) is 8.06. The third-order valence-corrected chi connectivity index (χ3v) is 5.88. The summed E-state index contributed by atoms with van der Waals surface area (Å²) in [6.07, 6.45) is 5.53. The van der Waals surface area contributed by atoms with Crippen LogP contribution < -0.4 is 4.90 Å². The van der Waals surface area contributed by atoms with Crippen LogP contribution in [0.25, 0.3) is 44.8 Å². The van der Waals surface area contributed by atoms with E-state index in [2.05, 4.69) is 35.1 Å². The lowest BCUT2D eigenvalue weighted by Crippen LogP contribution is -2.39. The molecule has 33 heavy (non-hydrogen) atoms. The molecule has 6 rings (SSSR count). The first-order valence-corrected chi connectivity index (χ1v) is 10.4. The minimum Gasteiger partial charge on any atom is -0.369 e. The highest BCUT2D eigenvalue weighted by atomic mass is 19.3. The fourth-order valence-electron chi connectivity index (χ4n) is 4.16. The van der Waals surface area contributed by atoms with Crippen molar-refractivity contribution in [1.82, 2.24) is 35.1 Å². The van der Waals surface area contributed by atoms with Crippen LogP contribution >= 0.6 is 0 Å². The van der Waals surface area contributed by atoms with Gasteiger partial charge in [-0.05, 0) is 18.2 Å². The van der Waals surface area contributed by atoms with E-state index in [-0.39, 0.29) is 25.9 Å². The fourth-order valence-corrected chi connectivity index (χ4v) is 4.16. The van der Waals surface area contributed by atoms with Gasteiger partial charge >= 0.3 is 0 Å². The molecule has 0 bridgehead atoms. The number of fused-ring (bicyclic) bond motifs is 2. The van der Waals surface area contributed by atoms with Gasteiger partial charge in [0.15, 0.2) is 11.5 Å². The molecule has 0 aliphatic carbocycles. The zero-order chi connectivity index (χ0) is 22.6. The molecule has 166 valence electrons. The number of rotatable bonds is 3. The van der Waals surface area contributed by atoms with Gasteiger partial charge in [0.2, 0.25) is 0 Å². The van der Waals surface area contributed by atoms with E-state index < -0.39 is 11.7 Å². The maximum Gasteiger partial charge on any atom is 0.251 e. The number of hydrogen-bond acceptors (Lipinski definition) is 6. The van der Waals surface area contributed by atoms with Crippen LogP contribution in [-0.2, 0) is 0 Å². The summed E-state index contributed by atoms with van der Waals surface area (Å²) < 4.78 is 40.9. The molecule has 5 aromatic heterocycles. The molecule has 0 spiro atoms. The maximum absolute atomic E-state index is 13.6. The number of H-pyrrole nitrogens is 2. The molecule has 6 heterocycles. The lowest BCUT2D eigenvalue weighted by atomic mass is 10.1. The van der Waals surface area contributed by atoms with Crippen molar-refractivity contribution < 1.29 is 13.2 Å². The Balaban J connectivity index is 1.42. The molecule has 11 heteroatoms. The number of pyridine rings is 3. The van der Waals surface area contributed by atoms with Crippen molar-refractivity contribution in [3.05, 3.63) is 48.8 Å². The van der Waals surface area contributed by atoms with Crippen LogP contribution in [0.3, 0.4) is 0 Å². The fraction of sp³-hybridized carbons (Fsp3) is 0.227. The normalized spacial score (nSPS) is 16.0. The molecule has 1 saturated heterocycles. The van der Waals surface area contributed by atoms with Crippen molar-refractivity contribution in [3.8, 4) is 22.8 Å². The van der Waals surface area contributed by atoms with Crippen molar-refractivity contribution in [2.24, 2.45) is 0 Å². The van der Waals surface area contributed by atoms with Crippen LogP contribution in [0.15, 0.2) is 43.0 Å². The third kappa shape index (κ3) is 3.45. The Kier molecular flexibility index (Phi) is 4.32. The number of nitrogens with one attached hydrogen (secondary N) is 2. The largest absolute Gasteiger partial charge is 0.369 e. The Morgan fingerprint density at radius 2 is 1.88 bits per heavy atom. The molecule has 5 aromatic rings. The van der Waals surface area contributed by atoms with Gasteiger partial charge in [0.1, 0.15) is 17.0 Å². The van der Waals surface area contributed by atoms with E-state index in [9.17, 15) is 13.2 Å². The predicted molar refractivity (Wildman–Crippen MR) is 116 cm³/mol. The van der Waals surface area contributed by atoms with E-state index in [1.165, 1.54) is 12.3 Å². The average molecular weight is 450 g/mol. The first kappa shape index (κ1) is 19.6. The number of anilines is 1. The number of hydrogen-bond donors (Lipinski definition) is 2. The molecule has 0 aromatic carbocycles. The van der Waals surface area contributed by atoms with Gasteiger partial charge in [0.05, 0.1) is 29.3 Å². The van der Waals surface area contributed by atoms with E-state index in [1.807, 2.05) is 4.90 Å². The molecular formula is C22H17F3N8. The summed E-state index contributed by atoms with van der Waals surface area (Å²) in [5.74, 6) is -2.60. The number of halogens is 3. The van der Waals surface area contributed by atoms with Crippen LogP contribution in [0.4, 0.5) is 18.9 Å². The second-order valence-corrected chi connectivity index (χ2v) is 8.04. The standard InChI is InChI=1S/C22H17F3N8/c23-13-7-12(9-26-10-13)15-8-14-16(11-28-15)31-32-18(14)21-29-19-17(1-4-27-20(19)30-21)33-5-2-22(24,25)3-6-33/h1,4,7-11H,2-3,5-6H2,(H,31,32)(H,27,29,30). The molecule has 0 amide bonds. The number of aromatic amines is 2. The Bertz CT molecular complexity index is 1480. The molecule has 1 aliphatic rings. The number of alkyl halides is 2.